The highest BCUT2D eigenvalue weighted by Gasteiger charge is 2.32. The number of nitrogens with zero attached hydrogens (tertiary/aromatic N) is 2. The predicted molar refractivity (Wildman–Crippen MR) is 113 cm³/mol. The second-order valence-electron chi connectivity index (χ2n) is 8.15. The standard InChI is InChI=1S/C20H31N3O3S.ClH/c1-15-11-16(2)14-23(13-15)27(25,26)19-6-4-5-17(12-19)20(24)22-9-7-18(21-3)8-10-22;/h4-6,12,15-16,18,21H,7-11,13-14H2,1-3H3;1H. The number of amides is 1. The number of nitrogens with one attached hydrogen (secondary N) is 1. The van der Waals surface area contributed by atoms with Crippen LogP contribution in [0.5, 0.6) is 0 Å². The van der Waals surface area contributed by atoms with Gasteiger partial charge in [0, 0.05) is 37.8 Å². The second-order valence-corrected chi connectivity index (χ2v) is 10.1. The molecule has 3 rings (SSSR count). The molecule has 0 aliphatic carbocycles. The zero-order valence-corrected chi connectivity index (χ0v) is 18.6. The van der Waals surface area contributed by atoms with Gasteiger partial charge in [-0.1, -0.05) is 19.9 Å². The monoisotopic (exact) mass is 429 g/mol. The number of piperidine rings is 2. The van der Waals surface area contributed by atoms with E-state index in [0.29, 0.717) is 49.6 Å². The summed E-state index contributed by atoms with van der Waals surface area (Å²) in [5, 5.41) is 3.25. The summed E-state index contributed by atoms with van der Waals surface area (Å²) in [5.74, 6) is 0.616. The van der Waals surface area contributed by atoms with Crippen LogP contribution in [0.25, 0.3) is 0 Å². The third kappa shape index (κ3) is 5.06. The molecule has 2 aliphatic heterocycles. The highest BCUT2D eigenvalue weighted by Crippen LogP contribution is 2.27. The van der Waals surface area contributed by atoms with Gasteiger partial charge in [-0.05, 0) is 56.3 Å². The lowest BCUT2D eigenvalue weighted by Gasteiger charge is -2.34. The lowest BCUT2D eigenvalue weighted by Crippen LogP contribution is -2.44. The second kappa shape index (κ2) is 9.57. The molecule has 1 N–H and O–H groups in total. The van der Waals surface area contributed by atoms with Crippen molar-refractivity contribution in [2.75, 3.05) is 33.2 Å². The molecule has 1 aromatic carbocycles. The summed E-state index contributed by atoms with van der Waals surface area (Å²) in [4.78, 5) is 14.9. The zero-order valence-electron chi connectivity index (χ0n) is 16.9. The van der Waals surface area contributed by atoms with Gasteiger partial charge in [-0.15, -0.1) is 12.4 Å². The molecular formula is C20H32ClN3O3S. The average molecular weight is 430 g/mol. The number of rotatable bonds is 4. The van der Waals surface area contributed by atoms with Crippen molar-refractivity contribution < 1.29 is 13.2 Å². The van der Waals surface area contributed by atoms with Crippen molar-refractivity contribution >= 4 is 28.3 Å². The fraction of sp³-hybridized carbons (Fsp3) is 0.650. The highest BCUT2D eigenvalue weighted by molar-refractivity contribution is 7.89. The largest absolute Gasteiger partial charge is 0.339 e. The summed E-state index contributed by atoms with van der Waals surface area (Å²) in [7, 11) is -1.63. The maximum absolute atomic E-state index is 13.1. The number of likely N-dealkylation sites (tertiary alicyclic amines) is 1. The van der Waals surface area contributed by atoms with Crippen LogP contribution < -0.4 is 5.32 Å². The van der Waals surface area contributed by atoms with Gasteiger partial charge in [0.1, 0.15) is 0 Å². The van der Waals surface area contributed by atoms with Gasteiger partial charge in [-0.3, -0.25) is 4.79 Å². The molecule has 6 nitrogen and oxygen atoms in total. The Morgan fingerprint density at radius 3 is 2.29 bits per heavy atom. The first-order chi connectivity index (χ1) is 12.8. The number of hydrogen-bond donors (Lipinski definition) is 1. The van der Waals surface area contributed by atoms with Crippen LogP contribution in [0.1, 0.15) is 43.5 Å². The van der Waals surface area contributed by atoms with Gasteiger partial charge in [0.25, 0.3) is 5.91 Å². The van der Waals surface area contributed by atoms with Crippen LogP contribution in [0.15, 0.2) is 29.2 Å². The average Bonchev–Trinajstić information content (AvgIpc) is 2.67. The Hall–Kier alpha value is -1.15. The van der Waals surface area contributed by atoms with E-state index < -0.39 is 10.0 Å². The van der Waals surface area contributed by atoms with E-state index in [1.807, 2.05) is 11.9 Å². The molecule has 2 unspecified atom stereocenters. The molecule has 0 aromatic heterocycles. The number of halogens is 1. The van der Waals surface area contributed by atoms with E-state index in [1.54, 1.807) is 28.6 Å². The number of carbonyl (C=O) groups is 1. The minimum absolute atomic E-state index is 0. The number of benzene rings is 1. The van der Waals surface area contributed by atoms with E-state index in [0.717, 1.165) is 19.3 Å². The van der Waals surface area contributed by atoms with Crippen molar-refractivity contribution in [3.8, 4) is 0 Å². The molecule has 2 aliphatic rings. The molecule has 2 heterocycles. The van der Waals surface area contributed by atoms with Gasteiger partial charge in [-0.25, -0.2) is 8.42 Å². The molecule has 0 bridgehead atoms. The maximum atomic E-state index is 13.1. The van der Waals surface area contributed by atoms with Crippen molar-refractivity contribution in [2.24, 2.45) is 11.8 Å². The lowest BCUT2D eigenvalue weighted by atomic mass is 9.94. The third-order valence-electron chi connectivity index (χ3n) is 5.74. The molecule has 8 heteroatoms. The SMILES string of the molecule is CNC1CCN(C(=O)c2cccc(S(=O)(=O)N3CC(C)CC(C)C3)c2)CC1.Cl. The molecule has 0 spiro atoms. The molecule has 0 saturated carbocycles. The van der Waals surface area contributed by atoms with Crippen molar-refractivity contribution in [3.05, 3.63) is 29.8 Å². The van der Waals surface area contributed by atoms with Crippen molar-refractivity contribution in [1.29, 1.82) is 0 Å². The Morgan fingerprint density at radius 2 is 1.71 bits per heavy atom. The van der Waals surface area contributed by atoms with Crippen LogP contribution in [-0.4, -0.2) is 62.8 Å². The Bertz CT molecular complexity index is 769. The van der Waals surface area contributed by atoms with Crippen LogP contribution in [0.4, 0.5) is 0 Å². The van der Waals surface area contributed by atoms with E-state index in [4.69, 9.17) is 0 Å². The van der Waals surface area contributed by atoms with E-state index in [-0.39, 0.29) is 23.2 Å². The third-order valence-corrected chi connectivity index (χ3v) is 7.57. The van der Waals surface area contributed by atoms with Gasteiger partial charge >= 0.3 is 0 Å². The van der Waals surface area contributed by atoms with Gasteiger partial charge in [0.2, 0.25) is 10.0 Å². The van der Waals surface area contributed by atoms with Crippen LogP contribution in [0, 0.1) is 11.8 Å². The van der Waals surface area contributed by atoms with Crippen LogP contribution in [0.3, 0.4) is 0 Å². The lowest BCUT2D eigenvalue weighted by molar-refractivity contribution is 0.0707. The Morgan fingerprint density at radius 1 is 1.11 bits per heavy atom. The fourth-order valence-corrected chi connectivity index (χ4v) is 6.02. The van der Waals surface area contributed by atoms with E-state index in [1.165, 1.54) is 0 Å². The minimum Gasteiger partial charge on any atom is -0.339 e. The Balaban J connectivity index is 0.00000280. The number of hydrogen-bond acceptors (Lipinski definition) is 4. The van der Waals surface area contributed by atoms with Crippen molar-refractivity contribution in [3.63, 3.8) is 0 Å². The maximum Gasteiger partial charge on any atom is 0.253 e. The number of carbonyl (C=O) groups excluding carboxylic acids is 1. The zero-order chi connectivity index (χ0) is 19.6. The smallest absolute Gasteiger partial charge is 0.253 e. The van der Waals surface area contributed by atoms with Gasteiger partial charge in [0.15, 0.2) is 0 Å². The van der Waals surface area contributed by atoms with Crippen LogP contribution in [-0.2, 0) is 10.0 Å². The molecule has 0 radical (unpaired) electrons. The summed E-state index contributed by atoms with van der Waals surface area (Å²) in [5.41, 5.74) is 0.456. The quantitative estimate of drug-likeness (QED) is 0.798. The van der Waals surface area contributed by atoms with Crippen LogP contribution in [0.2, 0.25) is 0 Å². The van der Waals surface area contributed by atoms with E-state index in [9.17, 15) is 13.2 Å². The molecule has 2 saturated heterocycles. The molecule has 1 aromatic rings. The van der Waals surface area contributed by atoms with E-state index in [2.05, 4.69) is 19.2 Å². The van der Waals surface area contributed by atoms with Crippen molar-refractivity contribution in [2.45, 2.75) is 44.0 Å². The first kappa shape index (κ1) is 23.1. The molecule has 2 atom stereocenters. The highest BCUT2D eigenvalue weighted by atomic mass is 35.5. The molecule has 2 fully saturated rings. The Labute approximate surface area is 175 Å². The predicted octanol–water partition coefficient (Wildman–Crippen LogP) is 2.60. The van der Waals surface area contributed by atoms with Gasteiger partial charge in [0.05, 0.1) is 4.90 Å². The summed E-state index contributed by atoms with van der Waals surface area (Å²) in [6.45, 7) is 6.66. The summed E-state index contributed by atoms with van der Waals surface area (Å²) < 4.78 is 27.8. The fourth-order valence-electron chi connectivity index (χ4n) is 4.29. The summed E-state index contributed by atoms with van der Waals surface area (Å²) >= 11 is 0. The minimum atomic E-state index is -3.57. The first-order valence-corrected chi connectivity index (χ1v) is 11.3. The molecular weight excluding hydrogens is 398 g/mol. The topological polar surface area (TPSA) is 69.7 Å². The summed E-state index contributed by atoms with van der Waals surface area (Å²) in [6.07, 6.45) is 2.89. The molecule has 1 amide bonds. The normalized spacial score (nSPS) is 24.6. The molecule has 28 heavy (non-hydrogen) atoms. The first-order valence-electron chi connectivity index (χ1n) is 9.88. The summed E-state index contributed by atoms with van der Waals surface area (Å²) in [6, 6.07) is 6.99. The van der Waals surface area contributed by atoms with Gasteiger partial charge in [-0.2, -0.15) is 4.31 Å². The van der Waals surface area contributed by atoms with E-state index >= 15 is 0 Å². The van der Waals surface area contributed by atoms with Crippen LogP contribution >= 0.6 is 12.4 Å². The number of sulfonamides is 1. The van der Waals surface area contributed by atoms with Gasteiger partial charge < -0.3 is 10.2 Å². The Kier molecular flexibility index (Phi) is 7.90. The molecule has 158 valence electrons. The van der Waals surface area contributed by atoms with Crippen molar-refractivity contribution in [1.82, 2.24) is 14.5 Å².